The number of aromatic nitrogens is 5. The van der Waals surface area contributed by atoms with E-state index in [4.69, 9.17) is 4.74 Å². The van der Waals surface area contributed by atoms with E-state index in [1.54, 1.807) is 22.7 Å². The van der Waals surface area contributed by atoms with Crippen molar-refractivity contribution in [3.63, 3.8) is 0 Å². The maximum Gasteiger partial charge on any atom is 0.255 e. The standard InChI is InChI=1S/C30H39N7O2/c1-18(2)31-15-22-12-23(30(5,6)7)14-25(28(22)39-9)33-29(38)21-11-10-19(3)27(13-21)37-17-26(34-35-37)24-16-32-36(8)20(24)4/h10-14,16-18,31H,15H2,1-9H3,(H,33,38). The van der Waals surface area contributed by atoms with Crippen molar-refractivity contribution in [1.82, 2.24) is 30.1 Å². The highest BCUT2D eigenvalue weighted by molar-refractivity contribution is 6.05. The van der Waals surface area contributed by atoms with Crippen LogP contribution >= 0.6 is 0 Å². The number of nitrogens with one attached hydrogen (secondary N) is 2. The molecule has 0 saturated carbocycles. The lowest BCUT2D eigenvalue weighted by Gasteiger charge is -2.24. The Kier molecular flexibility index (Phi) is 7.92. The number of amides is 1. The Bertz CT molecular complexity index is 1490. The van der Waals surface area contributed by atoms with Crippen LogP contribution in [-0.4, -0.2) is 43.8 Å². The minimum absolute atomic E-state index is 0.104. The molecular weight excluding hydrogens is 490 g/mol. The number of ether oxygens (including phenoxy) is 1. The first-order chi connectivity index (χ1) is 18.4. The molecule has 2 N–H and O–H groups in total. The van der Waals surface area contributed by atoms with Crippen molar-refractivity contribution < 1.29 is 9.53 Å². The van der Waals surface area contributed by atoms with Gasteiger partial charge in [-0.2, -0.15) is 5.10 Å². The first kappa shape index (κ1) is 28.0. The number of nitrogens with zero attached hydrogens (tertiary/aromatic N) is 5. The molecule has 0 atom stereocenters. The van der Waals surface area contributed by atoms with Gasteiger partial charge in [0.05, 0.1) is 30.9 Å². The van der Waals surface area contributed by atoms with E-state index < -0.39 is 0 Å². The molecule has 0 aliphatic rings. The lowest BCUT2D eigenvalue weighted by Crippen LogP contribution is -2.23. The predicted molar refractivity (Wildman–Crippen MR) is 155 cm³/mol. The van der Waals surface area contributed by atoms with Gasteiger partial charge in [-0.25, -0.2) is 4.68 Å². The molecule has 9 heteroatoms. The molecule has 0 bridgehead atoms. The number of anilines is 1. The van der Waals surface area contributed by atoms with E-state index in [-0.39, 0.29) is 11.3 Å². The van der Waals surface area contributed by atoms with Gasteiger partial charge in [0.15, 0.2) is 0 Å². The molecule has 0 aliphatic carbocycles. The van der Waals surface area contributed by atoms with E-state index in [1.165, 1.54) is 0 Å². The minimum atomic E-state index is -0.230. The summed E-state index contributed by atoms with van der Waals surface area (Å²) >= 11 is 0. The summed E-state index contributed by atoms with van der Waals surface area (Å²) in [5, 5.41) is 19.6. The number of rotatable bonds is 8. The second kappa shape index (κ2) is 11.0. The number of hydrogen-bond acceptors (Lipinski definition) is 6. The number of carbonyl (C=O) groups is 1. The summed E-state index contributed by atoms with van der Waals surface area (Å²) in [6, 6.07) is 10.0. The zero-order valence-electron chi connectivity index (χ0n) is 24.4. The van der Waals surface area contributed by atoms with Gasteiger partial charge >= 0.3 is 0 Å². The lowest BCUT2D eigenvalue weighted by atomic mass is 9.85. The molecule has 0 unspecified atom stereocenters. The van der Waals surface area contributed by atoms with E-state index in [0.29, 0.717) is 29.6 Å². The number of aryl methyl sites for hydroxylation is 2. The molecule has 0 spiro atoms. The van der Waals surface area contributed by atoms with Crippen molar-refractivity contribution in [3.8, 4) is 22.7 Å². The molecular formula is C30H39N7O2. The van der Waals surface area contributed by atoms with E-state index in [1.807, 2.05) is 51.4 Å². The Balaban J connectivity index is 1.67. The molecule has 0 fully saturated rings. The zero-order valence-corrected chi connectivity index (χ0v) is 24.4. The van der Waals surface area contributed by atoms with Gasteiger partial charge in [-0.05, 0) is 48.6 Å². The zero-order chi connectivity index (χ0) is 28.5. The van der Waals surface area contributed by atoms with E-state index in [9.17, 15) is 4.79 Å². The normalized spacial score (nSPS) is 11.7. The third-order valence-corrected chi connectivity index (χ3v) is 6.91. The quantitative estimate of drug-likeness (QED) is 0.320. The molecule has 1 amide bonds. The van der Waals surface area contributed by atoms with Crippen LogP contribution < -0.4 is 15.4 Å². The Labute approximate surface area is 230 Å². The van der Waals surface area contributed by atoms with Gasteiger partial charge in [-0.1, -0.05) is 52.0 Å². The molecule has 4 rings (SSSR count). The van der Waals surface area contributed by atoms with Crippen molar-refractivity contribution in [2.45, 2.75) is 66.5 Å². The van der Waals surface area contributed by atoms with Crippen LogP contribution in [0.4, 0.5) is 5.69 Å². The van der Waals surface area contributed by atoms with Crippen LogP contribution in [0.5, 0.6) is 5.75 Å². The summed E-state index contributed by atoms with van der Waals surface area (Å²) < 4.78 is 9.30. The maximum absolute atomic E-state index is 13.6. The summed E-state index contributed by atoms with van der Waals surface area (Å²) in [7, 11) is 3.53. The van der Waals surface area contributed by atoms with Crippen LogP contribution in [0.25, 0.3) is 16.9 Å². The van der Waals surface area contributed by atoms with Crippen molar-refractivity contribution in [1.29, 1.82) is 0 Å². The van der Waals surface area contributed by atoms with Crippen molar-refractivity contribution in [3.05, 3.63) is 70.7 Å². The summed E-state index contributed by atoms with van der Waals surface area (Å²) in [5.41, 5.74) is 7.56. The predicted octanol–water partition coefficient (Wildman–Crippen LogP) is 5.34. The van der Waals surface area contributed by atoms with E-state index in [2.05, 4.69) is 66.7 Å². The minimum Gasteiger partial charge on any atom is -0.494 e. The number of benzene rings is 2. The fraction of sp³-hybridized carbons (Fsp3) is 0.400. The first-order valence-corrected chi connectivity index (χ1v) is 13.2. The fourth-order valence-electron chi connectivity index (χ4n) is 4.35. The second-order valence-electron chi connectivity index (χ2n) is 11.3. The molecule has 2 heterocycles. The van der Waals surface area contributed by atoms with Gasteiger partial charge < -0.3 is 15.4 Å². The Morgan fingerprint density at radius 3 is 2.49 bits per heavy atom. The van der Waals surface area contributed by atoms with Crippen LogP contribution in [0.1, 0.15) is 67.4 Å². The molecule has 4 aromatic rings. The van der Waals surface area contributed by atoms with Gasteiger partial charge in [0.25, 0.3) is 5.91 Å². The molecule has 0 saturated heterocycles. The van der Waals surface area contributed by atoms with Gasteiger partial charge in [-0.3, -0.25) is 9.48 Å². The third kappa shape index (κ3) is 6.04. The summed E-state index contributed by atoms with van der Waals surface area (Å²) in [4.78, 5) is 13.6. The molecule has 206 valence electrons. The molecule has 2 aromatic heterocycles. The average Bonchev–Trinajstić information content (AvgIpc) is 3.48. The topological polar surface area (TPSA) is 98.9 Å². The maximum atomic E-state index is 13.6. The SMILES string of the molecule is COc1c(CNC(C)C)cc(C(C)(C)C)cc1NC(=O)c1ccc(C)c(-n2cc(-c3cnn(C)c3C)nn2)c1. The number of carbonyl (C=O) groups excluding carboxylic acids is 1. The van der Waals surface area contributed by atoms with Gasteiger partial charge in [0.1, 0.15) is 11.4 Å². The van der Waals surface area contributed by atoms with Gasteiger partial charge in [0, 0.05) is 42.0 Å². The lowest BCUT2D eigenvalue weighted by molar-refractivity contribution is 0.102. The summed E-state index contributed by atoms with van der Waals surface area (Å²) in [6.07, 6.45) is 3.64. The molecule has 0 radical (unpaired) electrons. The third-order valence-electron chi connectivity index (χ3n) is 6.91. The largest absolute Gasteiger partial charge is 0.494 e. The Hall–Kier alpha value is -3.98. The van der Waals surface area contributed by atoms with Crippen LogP contribution in [0, 0.1) is 13.8 Å². The van der Waals surface area contributed by atoms with Crippen LogP contribution in [-0.2, 0) is 19.0 Å². The highest BCUT2D eigenvalue weighted by Crippen LogP contribution is 2.36. The fourth-order valence-corrected chi connectivity index (χ4v) is 4.35. The van der Waals surface area contributed by atoms with Gasteiger partial charge in [-0.15, -0.1) is 5.10 Å². The molecule has 0 aliphatic heterocycles. The van der Waals surface area contributed by atoms with Crippen molar-refractivity contribution in [2.75, 3.05) is 12.4 Å². The monoisotopic (exact) mass is 529 g/mol. The highest BCUT2D eigenvalue weighted by Gasteiger charge is 2.22. The van der Waals surface area contributed by atoms with Crippen molar-refractivity contribution >= 4 is 11.6 Å². The second-order valence-corrected chi connectivity index (χ2v) is 11.3. The van der Waals surface area contributed by atoms with Crippen molar-refractivity contribution in [2.24, 2.45) is 7.05 Å². The van der Waals surface area contributed by atoms with Crippen LogP contribution in [0.3, 0.4) is 0 Å². The van der Waals surface area contributed by atoms with E-state index in [0.717, 1.165) is 39.3 Å². The average molecular weight is 530 g/mol. The molecule has 9 nitrogen and oxygen atoms in total. The van der Waals surface area contributed by atoms with Crippen LogP contribution in [0.2, 0.25) is 0 Å². The Morgan fingerprint density at radius 2 is 1.87 bits per heavy atom. The summed E-state index contributed by atoms with van der Waals surface area (Å²) in [5.74, 6) is 0.427. The van der Waals surface area contributed by atoms with Gasteiger partial charge in [0.2, 0.25) is 0 Å². The number of hydrogen-bond donors (Lipinski definition) is 2. The van der Waals surface area contributed by atoms with Crippen LogP contribution in [0.15, 0.2) is 42.7 Å². The number of methoxy groups -OCH3 is 1. The Morgan fingerprint density at radius 1 is 1.13 bits per heavy atom. The van der Waals surface area contributed by atoms with E-state index >= 15 is 0 Å². The molecule has 39 heavy (non-hydrogen) atoms. The first-order valence-electron chi connectivity index (χ1n) is 13.2. The smallest absolute Gasteiger partial charge is 0.255 e. The molecule has 2 aromatic carbocycles. The summed E-state index contributed by atoms with van der Waals surface area (Å²) in [6.45, 7) is 15.3. The highest BCUT2D eigenvalue weighted by atomic mass is 16.5.